The predicted octanol–water partition coefficient (Wildman–Crippen LogP) is 3.28. The Bertz CT molecular complexity index is 355. The van der Waals surface area contributed by atoms with E-state index in [1.165, 1.54) is 0 Å². The zero-order chi connectivity index (χ0) is 10.6. The van der Waals surface area contributed by atoms with Gasteiger partial charge >= 0.3 is 0 Å². The van der Waals surface area contributed by atoms with Gasteiger partial charge in [-0.05, 0) is 18.6 Å². The third-order valence-electron chi connectivity index (χ3n) is 1.96. The molecule has 3 heteroatoms. The van der Waals surface area contributed by atoms with Crippen LogP contribution < -0.4 is 5.32 Å². The van der Waals surface area contributed by atoms with Gasteiger partial charge in [0.15, 0.2) is 0 Å². The summed E-state index contributed by atoms with van der Waals surface area (Å²) in [6.45, 7) is 2.51. The molecule has 0 spiro atoms. The third-order valence-corrected chi connectivity index (χ3v) is 2.79. The van der Waals surface area contributed by atoms with E-state index >= 15 is 0 Å². The smallest absolute Gasteiger partial charge is 0.0639 e. The number of rotatable bonds is 3. The Morgan fingerprint density at radius 2 is 2.21 bits per heavy atom. The van der Waals surface area contributed by atoms with Crippen LogP contribution in [0.15, 0.2) is 18.2 Å². The quantitative estimate of drug-likeness (QED) is 0.783. The first-order chi connectivity index (χ1) is 6.66. The molecule has 0 aromatic heterocycles. The van der Waals surface area contributed by atoms with Crippen LogP contribution in [0.4, 0.5) is 0 Å². The number of hydrogen-bond acceptors (Lipinski definition) is 1. The second-order valence-corrected chi connectivity index (χ2v) is 3.73. The van der Waals surface area contributed by atoms with Crippen LogP contribution in [0.3, 0.4) is 0 Å². The fourth-order valence-electron chi connectivity index (χ4n) is 1.18. The van der Waals surface area contributed by atoms with Crippen molar-refractivity contribution in [3.8, 4) is 12.3 Å². The molecule has 1 aromatic rings. The summed E-state index contributed by atoms with van der Waals surface area (Å²) >= 11 is 11.9. The van der Waals surface area contributed by atoms with Crippen molar-refractivity contribution >= 4 is 23.2 Å². The largest absolute Gasteiger partial charge is 0.300 e. The first-order valence-corrected chi connectivity index (χ1v) is 5.03. The van der Waals surface area contributed by atoms with Crippen molar-refractivity contribution in [3.63, 3.8) is 0 Å². The summed E-state index contributed by atoms with van der Waals surface area (Å²) in [7, 11) is 0. The zero-order valence-electron chi connectivity index (χ0n) is 7.85. The lowest BCUT2D eigenvalue weighted by Crippen LogP contribution is -2.18. The molecule has 1 nitrogen and oxygen atoms in total. The Hall–Kier alpha value is -0.680. The van der Waals surface area contributed by atoms with E-state index in [1.54, 1.807) is 6.07 Å². The summed E-state index contributed by atoms with van der Waals surface area (Å²) in [5.74, 6) is 2.52. The van der Waals surface area contributed by atoms with Crippen LogP contribution in [0.25, 0.3) is 0 Å². The van der Waals surface area contributed by atoms with Crippen LogP contribution in [0.1, 0.15) is 18.5 Å². The van der Waals surface area contributed by atoms with Gasteiger partial charge in [-0.1, -0.05) is 41.3 Å². The monoisotopic (exact) mass is 227 g/mol. The van der Waals surface area contributed by atoms with E-state index in [4.69, 9.17) is 29.6 Å². The van der Waals surface area contributed by atoms with E-state index in [-0.39, 0.29) is 6.04 Å². The van der Waals surface area contributed by atoms with E-state index in [9.17, 15) is 0 Å². The van der Waals surface area contributed by atoms with Gasteiger partial charge in [0.05, 0.1) is 16.6 Å². The molecule has 0 aliphatic carbocycles. The molecule has 0 radical (unpaired) electrons. The molecule has 1 unspecified atom stereocenters. The number of terminal acetylenes is 1. The van der Waals surface area contributed by atoms with Crippen LogP contribution in [0, 0.1) is 12.3 Å². The lowest BCUT2D eigenvalue weighted by atomic mass is 10.1. The summed E-state index contributed by atoms with van der Waals surface area (Å²) in [4.78, 5) is 0. The van der Waals surface area contributed by atoms with Crippen molar-refractivity contribution in [2.45, 2.75) is 13.0 Å². The molecule has 1 atom stereocenters. The van der Waals surface area contributed by atoms with E-state index < -0.39 is 0 Å². The maximum Gasteiger partial charge on any atom is 0.0639 e. The number of nitrogens with one attached hydrogen (secondary N) is 1. The Balaban J connectivity index is 2.85. The highest BCUT2D eigenvalue weighted by Gasteiger charge is 2.10. The number of hydrogen-bond donors (Lipinski definition) is 1. The van der Waals surface area contributed by atoms with Gasteiger partial charge in [-0.15, -0.1) is 6.42 Å². The maximum absolute atomic E-state index is 6.04. The first-order valence-electron chi connectivity index (χ1n) is 4.27. The summed E-state index contributed by atoms with van der Waals surface area (Å²) in [6.07, 6.45) is 5.15. The highest BCUT2D eigenvalue weighted by atomic mass is 35.5. The van der Waals surface area contributed by atoms with Gasteiger partial charge in [0, 0.05) is 6.04 Å². The molecular formula is C11H11Cl2N. The molecule has 1 rings (SSSR count). The lowest BCUT2D eigenvalue weighted by Gasteiger charge is -2.14. The first kappa shape index (κ1) is 11.4. The Morgan fingerprint density at radius 3 is 2.86 bits per heavy atom. The average Bonchev–Trinajstić information content (AvgIpc) is 2.18. The Morgan fingerprint density at radius 1 is 1.50 bits per heavy atom. The van der Waals surface area contributed by atoms with Gasteiger partial charge in [-0.2, -0.15) is 0 Å². The summed E-state index contributed by atoms with van der Waals surface area (Å²) in [6, 6.07) is 5.68. The molecule has 0 bridgehead atoms. The minimum atomic E-state index is 0.109. The van der Waals surface area contributed by atoms with Crippen molar-refractivity contribution < 1.29 is 0 Å². The van der Waals surface area contributed by atoms with E-state index in [2.05, 4.69) is 11.2 Å². The molecule has 0 aliphatic heterocycles. The maximum atomic E-state index is 6.04. The zero-order valence-corrected chi connectivity index (χ0v) is 9.36. The van der Waals surface area contributed by atoms with Gasteiger partial charge in [0.1, 0.15) is 0 Å². The van der Waals surface area contributed by atoms with Crippen molar-refractivity contribution in [2.75, 3.05) is 6.54 Å². The fourth-order valence-corrected chi connectivity index (χ4v) is 1.65. The predicted molar refractivity (Wildman–Crippen MR) is 61.7 cm³/mol. The van der Waals surface area contributed by atoms with Crippen LogP contribution in [-0.4, -0.2) is 6.54 Å². The van der Waals surface area contributed by atoms with Gasteiger partial charge in [-0.25, -0.2) is 0 Å². The molecule has 1 N–H and O–H groups in total. The van der Waals surface area contributed by atoms with E-state index in [0.717, 1.165) is 5.56 Å². The summed E-state index contributed by atoms with van der Waals surface area (Å²) < 4.78 is 0. The van der Waals surface area contributed by atoms with Crippen molar-refractivity contribution in [3.05, 3.63) is 33.8 Å². The molecule has 1 aromatic carbocycles. The Kier molecular flexibility index (Phi) is 4.28. The van der Waals surface area contributed by atoms with Crippen LogP contribution in [0.2, 0.25) is 10.0 Å². The number of benzene rings is 1. The van der Waals surface area contributed by atoms with Crippen LogP contribution >= 0.6 is 23.2 Å². The molecule has 74 valence electrons. The molecule has 14 heavy (non-hydrogen) atoms. The third kappa shape index (κ3) is 2.65. The topological polar surface area (TPSA) is 12.0 Å². The molecule has 0 heterocycles. The molecule has 0 saturated carbocycles. The van der Waals surface area contributed by atoms with Gasteiger partial charge in [0.2, 0.25) is 0 Å². The average molecular weight is 228 g/mol. The second-order valence-electron chi connectivity index (χ2n) is 2.95. The van der Waals surface area contributed by atoms with Gasteiger partial charge in [-0.3, -0.25) is 5.32 Å². The van der Waals surface area contributed by atoms with Crippen molar-refractivity contribution in [1.82, 2.24) is 5.32 Å². The SMILES string of the molecule is C#CCNC(C)c1cccc(Cl)c1Cl. The lowest BCUT2D eigenvalue weighted by molar-refractivity contribution is 0.623. The molecule has 0 fully saturated rings. The van der Waals surface area contributed by atoms with Crippen LogP contribution in [-0.2, 0) is 0 Å². The van der Waals surface area contributed by atoms with Crippen molar-refractivity contribution in [2.24, 2.45) is 0 Å². The minimum absolute atomic E-state index is 0.109. The van der Waals surface area contributed by atoms with E-state index in [0.29, 0.717) is 16.6 Å². The summed E-state index contributed by atoms with van der Waals surface area (Å²) in [5, 5.41) is 4.29. The second kappa shape index (κ2) is 5.26. The summed E-state index contributed by atoms with van der Waals surface area (Å²) in [5.41, 5.74) is 0.967. The van der Waals surface area contributed by atoms with E-state index in [1.807, 2.05) is 19.1 Å². The van der Waals surface area contributed by atoms with Gasteiger partial charge < -0.3 is 0 Å². The molecular weight excluding hydrogens is 217 g/mol. The highest BCUT2D eigenvalue weighted by Crippen LogP contribution is 2.29. The Labute approximate surface area is 94.4 Å². The normalized spacial score (nSPS) is 12.1. The molecule has 0 amide bonds. The van der Waals surface area contributed by atoms with Crippen molar-refractivity contribution in [1.29, 1.82) is 0 Å². The minimum Gasteiger partial charge on any atom is -0.300 e. The van der Waals surface area contributed by atoms with Crippen LogP contribution in [0.5, 0.6) is 0 Å². The fraction of sp³-hybridized carbons (Fsp3) is 0.273. The van der Waals surface area contributed by atoms with Gasteiger partial charge in [0.25, 0.3) is 0 Å². The standard InChI is InChI=1S/C11H11Cl2N/c1-3-7-14-8(2)9-5-4-6-10(12)11(9)13/h1,4-6,8,14H,7H2,2H3. The molecule has 0 aliphatic rings. The number of halogens is 2. The highest BCUT2D eigenvalue weighted by molar-refractivity contribution is 6.42. The molecule has 0 saturated heterocycles.